The maximum atomic E-state index is 2.29. The molecule has 102 heavy (non-hydrogen) atoms. The number of hydrogen-bond acceptors (Lipinski definition) is 10. The molecular formula is C92H72S10. The molecule has 0 N–H and O–H groups in total. The van der Waals surface area contributed by atoms with Crippen LogP contribution < -0.4 is 0 Å². The van der Waals surface area contributed by atoms with E-state index in [1.165, 1.54) is 184 Å². The largest absolute Gasteiger partial charge is 0.144 e. The van der Waals surface area contributed by atoms with Crippen molar-refractivity contribution in [3.8, 4) is 0 Å². The first-order valence-electron chi connectivity index (χ1n) is 33.9. The first kappa shape index (κ1) is 69.0. The number of rotatable bonds is 0. The second kappa shape index (κ2) is 31.1. The Bertz CT molecular complexity index is 6580. The Balaban J connectivity index is 0.0000000945. The molecule has 0 atom stereocenters. The Labute approximate surface area is 635 Å². The molecule has 0 fully saturated rings. The lowest BCUT2D eigenvalue weighted by Gasteiger charge is -1.95. The highest BCUT2D eigenvalue weighted by Crippen LogP contribution is 2.40. The van der Waals surface area contributed by atoms with Crippen LogP contribution in [-0.2, 0) is 0 Å². The summed E-state index contributed by atoms with van der Waals surface area (Å²) in [5, 5.41) is 28.4. The van der Waals surface area contributed by atoms with E-state index in [2.05, 4.69) is 344 Å². The first-order chi connectivity index (χ1) is 49.8. The molecule has 0 aliphatic rings. The predicted octanol–water partition coefficient (Wildman–Crippen LogP) is 32.7. The Morgan fingerprint density at radius 1 is 0.196 bits per heavy atom. The molecule has 10 aromatic heterocycles. The summed E-state index contributed by atoms with van der Waals surface area (Å²) in [6.07, 6.45) is 0. The van der Waals surface area contributed by atoms with Gasteiger partial charge in [-0.15, -0.1) is 113 Å². The van der Waals surface area contributed by atoms with Crippen molar-refractivity contribution in [1.82, 2.24) is 0 Å². The van der Waals surface area contributed by atoms with Crippen molar-refractivity contribution in [2.24, 2.45) is 0 Å². The zero-order chi connectivity index (χ0) is 69.8. The van der Waals surface area contributed by atoms with E-state index < -0.39 is 0 Å². The van der Waals surface area contributed by atoms with E-state index in [1.807, 2.05) is 113 Å². The lowest BCUT2D eigenvalue weighted by Crippen LogP contribution is -1.72. The topological polar surface area (TPSA) is 0 Å². The standard InChI is InChI=1S/4C13H10S.2C11H8S2.2C9H8S/c1-9-5-4-7-11-10-6-2-3-8-12(10)14-13(9)11;1-9-5-4-8-12-13(9)10-6-2-3-7-11(10)14-12;1-9-6-7-13-11(8-9)10-4-2-3-5-12(10)14-13;1-9-6-7-11-10-4-2-3-5-12(10)14-13(11)8-9;1-7-6-9-8-4-5-12-10(8)2-3-11(9)13-7;1-7-6-13-10-3-2-9-8(11(7)10)4-5-12-9;1-7-6-10-9-5-3-2-4-8(7)9;1-7-6-8-4-2-3-5-9(8)10-7/h4*2-8H,1H3;2*2-6H,1H3;2*2-6H,1H3. The van der Waals surface area contributed by atoms with Gasteiger partial charge in [-0.1, -0.05) is 163 Å². The molecular weight excluding hydrogens is 1430 g/mol. The van der Waals surface area contributed by atoms with E-state index in [0.29, 0.717) is 0 Å². The van der Waals surface area contributed by atoms with Crippen molar-refractivity contribution in [2.45, 2.75) is 55.4 Å². The van der Waals surface area contributed by atoms with Crippen molar-refractivity contribution < 1.29 is 0 Å². The van der Waals surface area contributed by atoms with Gasteiger partial charge in [-0.2, -0.15) is 0 Å². The normalized spacial score (nSPS) is 11.1. The zero-order valence-electron chi connectivity index (χ0n) is 57.8. The molecule has 0 nitrogen and oxygen atoms in total. The van der Waals surface area contributed by atoms with Crippen LogP contribution in [0.3, 0.4) is 0 Å². The van der Waals surface area contributed by atoms with Crippen LogP contribution in [0.5, 0.6) is 0 Å². The maximum Gasteiger partial charge on any atom is 0.0384 e. The lowest BCUT2D eigenvalue weighted by atomic mass is 10.1. The minimum absolute atomic E-state index is 1.33. The van der Waals surface area contributed by atoms with Gasteiger partial charge in [-0.3, -0.25) is 0 Å². The van der Waals surface area contributed by atoms with Crippen LogP contribution in [0.2, 0.25) is 0 Å². The third-order valence-electron chi connectivity index (χ3n) is 18.1. The molecule has 12 aromatic carbocycles. The Morgan fingerprint density at radius 2 is 0.598 bits per heavy atom. The number of benzene rings is 12. The van der Waals surface area contributed by atoms with E-state index >= 15 is 0 Å². The third-order valence-corrected chi connectivity index (χ3v) is 28.8. The first-order valence-corrected chi connectivity index (χ1v) is 42.4. The molecule has 10 heterocycles. The molecule has 0 aliphatic carbocycles. The fourth-order valence-corrected chi connectivity index (χ4v) is 23.2. The van der Waals surface area contributed by atoms with Crippen LogP contribution >= 0.6 is 113 Å². The van der Waals surface area contributed by atoms with Gasteiger partial charge < -0.3 is 0 Å². The van der Waals surface area contributed by atoms with Gasteiger partial charge in [0, 0.05) is 140 Å². The van der Waals surface area contributed by atoms with Gasteiger partial charge in [0.25, 0.3) is 0 Å². The second-order valence-electron chi connectivity index (χ2n) is 25.5. The van der Waals surface area contributed by atoms with Gasteiger partial charge in [0.05, 0.1) is 0 Å². The van der Waals surface area contributed by atoms with Gasteiger partial charge in [-0.25, -0.2) is 0 Å². The van der Waals surface area contributed by atoms with Crippen molar-refractivity contribution in [3.63, 3.8) is 0 Å². The smallest absolute Gasteiger partial charge is 0.0384 e. The molecule has 0 saturated carbocycles. The SMILES string of the molecule is Cc1cc2c(ccc3sccc32)s1.Cc1cc2ccccc2s1.Cc1ccc2c(c1)sc1ccccc12.Cc1ccc2sc3ccccc3c2c1.Cc1cccc2c1sc1ccccc12.Cc1cccc2sc3ccccc3c12.Cc1csc2ccc3sccc3c12.Cc1csc2ccccc12. The molecule has 0 unspecified atom stereocenters. The summed E-state index contributed by atoms with van der Waals surface area (Å²) in [6.45, 7) is 17.3. The fraction of sp³-hybridized carbons (Fsp3) is 0.0870. The molecule has 0 saturated heterocycles. The number of hydrogen-bond donors (Lipinski definition) is 0. The van der Waals surface area contributed by atoms with Crippen molar-refractivity contribution >= 4 is 255 Å². The van der Waals surface area contributed by atoms with Gasteiger partial charge in [0.2, 0.25) is 0 Å². The quantitative estimate of drug-likeness (QED) is 0.142. The fourth-order valence-electron chi connectivity index (χ4n) is 13.2. The van der Waals surface area contributed by atoms with E-state index in [1.54, 1.807) is 0 Å². The summed E-state index contributed by atoms with van der Waals surface area (Å²) in [5.41, 5.74) is 8.22. The average molecular weight is 1500 g/mol. The predicted molar refractivity (Wildman–Crippen MR) is 473 cm³/mol. The summed E-state index contributed by atoms with van der Waals surface area (Å²) in [5.74, 6) is 0. The molecule has 0 aliphatic heterocycles. The van der Waals surface area contributed by atoms with Crippen LogP contribution in [0.15, 0.2) is 288 Å². The highest BCUT2D eigenvalue weighted by atomic mass is 32.1. The third kappa shape index (κ3) is 14.9. The van der Waals surface area contributed by atoms with E-state index in [4.69, 9.17) is 0 Å². The summed E-state index contributed by atoms with van der Waals surface area (Å²) < 4.78 is 19.5. The zero-order valence-corrected chi connectivity index (χ0v) is 66.0. The molecule has 500 valence electrons. The number of aryl methyl sites for hydroxylation is 8. The van der Waals surface area contributed by atoms with E-state index in [9.17, 15) is 0 Å². The average Bonchev–Trinajstić information content (AvgIpc) is 1.66. The monoisotopic (exact) mass is 1500 g/mol. The van der Waals surface area contributed by atoms with Crippen LogP contribution in [0.25, 0.3) is 141 Å². The number of fused-ring (bicyclic) bond motifs is 20. The van der Waals surface area contributed by atoms with Crippen LogP contribution in [-0.4, -0.2) is 0 Å². The Morgan fingerprint density at radius 3 is 1.32 bits per heavy atom. The minimum atomic E-state index is 1.33. The Kier molecular flexibility index (Phi) is 21.0. The highest BCUT2D eigenvalue weighted by Gasteiger charge is 2.10. The van der Waals surface area contributed by atoms with E-state index in [-0.39, 0.29) is 0 Å². The van der Waals surface area contributed by atoms with Crippen LogP contribution in [0.1, 0.15) is 43.1 Å². The Hall–Kier alpha value is -8.72. The number of thiophene rings is 10. The molecule has 10 heteroatoms. The summed E-state index contributed by atoms with van der Waals surface area (Å²) in [6, 6.07) is 95.6. The van der Waals surface area contributed by atoms with Crippen molar-refractivity contribution in [1.29, 1.82) is 0 Å². The van der Waals surface area contributed by atoms with Gasteiger partial charge >= 0.3 is 0 Å². The minimum Gasteiger partial charge on any atom is -0.144 e. The highest BCUT2D eigenvalue weighted by molar-refractivity contribution is 7.27. The van der Waals surface area contributed by atoms with Crippen LogP contribution in [0, 0.1) is 55.4 Å². The summed E-state index contributed by atoms with van der Waals surface area (Å²) in [7, 11) is 0. The van der Waals surface area contributed by atoms with Gasteiger partial charge in [0.15, 0.2) is 0 Å². The maximum absolute atomic E-state index is 2.29. The van der Waals surface area contributed by atoms with Crippen molar-refractivity contribution in [2.75, 3.05) is 0 Å². The molecule has 0 spiro atoms. The van der Waals surface area contributed by atoms with Gasteiger partial charge in [0.1, 0.15) is 0 Å². The lowest BCUT2D eigenvalue weighted by molar-refractivity contribution is 1.52. The molecule has 0 amide bonds. The van der Waals surface area contributed by atoms with E-state index in [0.717, 1.165) is 0 Å². The molecule has 0 bridgehead atoms. The molecule has 22 rings (SSSR count). The second-order valence-corrected chi connectivity index (χ2v) is 36.1. The molecule has 0 radical (unpaired) electrons. The molecule has 22 aromatic rings. The van der Waals surface area contributed by atoms with Crippen molar-refractivity contribution in [3.05, 3.63) is 332 Å². The van der Waals surface area contributed by atoms with Crippen LogP contribution in [0.4, 0.5) is 0 Å². The van der Waals surface area contributed by atoms with Gasteiger partial charge in [-0.05, 0) is 225 Å². The summed E-state index contributed by atoms with van der Waals surface area (Å²) in [4.78, 5) is 2.79. The summed E-state index contributed by atoms with van der Waals surface area (Å²) >= 11 is 18.5.